The first-order valence-corrected chi connectivity index (χ1v) is 7.77. The Morgan fingerprint density at radius 2 is 1.09 bits per heavy atom. The van der Waals surface area contributed by atoms with Crippen LogP contribution < -0.4 is 0 Å². The van der Waals surface area contributed by atoms with E-state index < -0.39 is 0 Å². The van der Waals surface area contributed by atoms with Gasteiger partial charge >= 0.3 is 0 Å². The molecule has 0 aliphatic carbocycles. The van der Waals surface area contributed by atoms with Crippen molar-refractivity contribution in [1.29, 1.82) is 0 Å². The van der Waals surface area contributed by atoms with Crippen LogP contribution in [-0.2, 0) is 6.54 Å². The summed E-state index contributed by atoms with van der Waals surface area (Å²) in [4.78, 5) is 4.49. The molecule has 0 aromatic heterocycles. The van der Waals surface area contributed by atoms with E-state index in [1.165, 1.54) is 16.7 Å². The summed E-state index contributed by atoms with van der Waals surface area (Å²) in [7, 11) is 0. The van der Waals surface area contributed by atoms with Crippen molar-refractivity contribution in [2.45, 2.75) is 6.54 Å². The lowest BCUT2D eigenvalue weighted by molar-refractivity contribution is 1.08. The van der Waals surface area contributed by atoms with Gasteiger partial charge in [-0.2, -0.15) is 0 Å². The van der Waals surface area contributed by atoms with Gasteiger partial charge in [-0.05, 0) is 22.3 Å². The highest BCUT2D eigenvalue weighted by Gasteiger charge is 1.91. The minimum absolute atomic E-state index is 0.719. The topological polar surface area (TPSA) is 12.4 Å². The van der Waals surface area contributed by atoms with Gasteiger partial charge in [-0.25, -0.2) is 0 Å². The molecule has 0 aliphatic heterocycles. The SMILES string of the molecule is C(=NCc1ccccc1)c1ccc(/C=C/c2ccccc2)cc1. The van der Waals surface area contributed by atoms with Crippen molar-refractivity contribution in [2.75, 3.05) is 0 Å². The van der Waals surface area contributed by atoms with E-state index >= 15 is 0 Å². The zero-order valence-electron chi connectivity index (χ0n) is 13.0. The molecule has 0 saturated carbocycles. The minimum atomic E-state index is 0.719. The fourth-order valence-corrected chi connectivity index (χ4v) is 2.29. The van der Waals surface area contributed by atoms with Gasteiger partial charge in [-0.1, -0.05) is 97.1 Å². The van der Waals surface area contributed by atoms with E-state index in [9.17, 15) is 0 Å². The Morgan fingerprint density at radius 1 is 0.565 bits per heavy atom. The summed E-state index contributed by atoms with van der Waals surface area (Å²) in [6.07, 6.45) is 6.18. The maximum atomic E-state index is 4.49. The van der Waals surface area contributed by atoms with Gasteiger partial charge in [-0.15, -0.1) is 0 Å². The molecule has 1 nitrogen and oxygen atoms in total. The van der Waals surface area contributed by atoms with Crippen LogP contribution in [0.15, 0.2) is 89.9 Å². The second kappa shape index (κ2) is 7.90. The molecule has 3 aromatic rings. The van der Waals surface area contributed by atoms with Crippen molar-refractivity contribution in [1.82, 2.24) is 0 Å². The summed E-state index contributed by atoms with van der Waals surface area (Å²) >= 11 is 0. The predicted molar refractivity (Wildman–Crippen MR) is 99.6 cm³/mol. The van der Waals surface area contributed by atoms with E-state index in [1.807, 2.05) is 42.6 Å². The fraction of sp³-hybridized carbons (Fsp3) is 0.0455. The third-order valence-corrected chi connectivity index (χ3v) is 3.56. The highest BCUT2D eigenvalue weighted by atomic mass is 14.7. The van der Waals surface area contributed by atoms with Crippen LogP contribution in [0.3, 0.4) is 0 Å². The Kier molecular flexibility index (Phi) is 5.15. The van der Waals surface area contributed by atoms with Crippen molar-refractivity contribution in [3.05, 3.63) is 107 Å². The van der Waals surface area contributed by atoms with Gasteiger partial charge in [0.2, 0.25) is 0 Å². The fourth-order valence-electron chi connectivity index (χ4n) is 2.29. The maximum absolute atomic E-state index is 4.49. The van der Waals surface area contributed by atoms with Gasteiger partial charge in [0.05, 0.1) is 6.54 Å². The number of nitrogens with zero attached hydrogens (tertiary/aromatic N) is 1. The molecule has 0 heterocycles. The smallest absolute Gasteiger partial charge is 0.0639 e. The molecule has 0 atom stereocenters. The average molecular weight is 297 g/mol. The average Bonchev–Trinajstić information content (AvgIpc) is 2.63. The van der Waals surface area contributed by atoms with Crippen LogP contribution in [0.4, 0.5) is 0 Å². The second-order valence-corrected chi connectivity index (χ2v) is 5.37. The van der Waals surface area contributed by atoms with E-state index in [4.69, 9.17) is 0 Å². The summed E-state index contributed by atoms with van der Waals surface area (Å²) in [6.45, 7) is 0.719. The van der Waals surface area contributed by atoms with Crippen LogP contribution in [0.5, 0.6) is 0 Å². The second-order valence-electron chi connectivity index (χ2n) is 5.37. The van der Waals surface area contributed by atoms with E-state index in [0.29, 0.717) is 0 Å². The van der Waals surface area contributed by atoms with Crippen molar-refractivity contribution in [3.63, 3.8) is 0 Å². The van der Waals surface area contributed by atoms with Crippen LogP contribution in [0.25, 0.3) is 12.2 Å². The molecule has 0 N–H and O–H groups in total. The van der Waals surface area contributed by atoms with E-state index in [-0.39, 0.29) is 0 Å². The standard InChI is InChI=1S/C22H19N/c1-3-7-19(8-4-1)11-12-20-13-15-22(16-14-20)18-23-17-21-9-5-2-6-10-21/h1-16,18H,17H2/b12-11+,23-18?. The van der Waals surface area contributed by atoms with E-state index in [0.717, 1.165) is 12.1 Å². The lowest BCUT2D eigenvalue weighted by atomic mass is 10.1. The Balaban J connectivity index is 1.60. The highest BCUT2D eigenvalue weighted by Crippen LogP contribution is 2.09. The van der Waals surface area contributed by atoms with Crippen molar-refractivity contribution in [2.24, 2.45) is 4.99 Å². The third kappa shape index (κ3) is 4.79. The normalized spacial score (nSPS) is 11.3. The van der Waals surface area contributed by atoms with Crippen LogP contribution in [0.2, 0.25) is 0 Å². The molecule has 0 saturated heterocycles. The molecule has 112 valence electrons. The molecular weight excluding hydrogens is 278 g/mol. The number of hydrogen-bond acceptors (Lipinski definition) is 1. The van der Waals surface area contributed by atoms with Crippen LogP contribution in [-0.4, -0.2) is 6.21 Å². The molecule has 3 rings (SSSR count). The molecule has 0 aliphatic rings. The van der Waals surface area contributed by atoms with Crippen LogP contribution in [0.1, 0.15) is 22.3 Å². The molecule has 0 radical (unpaired) electrons. The quantitative estimate of drug-likeness (QED) is 0.437. The van der Waals surface area contributed by atoms with Crippen molar-refractivity contribution in [3.8, 4) is 0 Å². The molecule has 0 amide bonds. The molecule has 1 heteroatoms. The molecule has 0 unspecified atom stereocenters. The summed E-state index contributed by atoms with van der Waals surface area (Å²) < 4.78 is 0. The highest BCUT2D eigenvalue weighted by molar-refractivity contribution is 5.80. The van der Waals surface area contributed by atoms with Crippen LogP contribution >= 0.6 is 0 Å². The summed E-state index contributed by atoms with van der Waals surface area (Å²) in [5.41, 5.74) is 4.75. The monoisotopic (exact) mass is 297 g/mol. The van der Waals surface area contributed by atoms with Gasteiger partial charge in [0.1, 0.15) is 0 Å². The van der Waals surface area contributed by atoms with E-state index in [1.54, 1.807) is 0 Å². The van der Waals surface area contributed by atoms with Gasteiger partial charge < -0.3 is 0 Å². The predicted octanol–water partition coefficient (Wildman–Crippen LogP) is 5.48. The lowest BCUT2D eigenvalue weighted by Gasteiger charge is -1.97. The largest absolute Gasteiger partial charge is 0.288 e. The number of aliphatic imine (C=N–C) groups is 1. The number of benzene rings is 3. The summed E-state index contributed by atoms with van der Waals surface area (Å²) in [6, 6.07) is 29.0. The lowest BCUT2D eigenvalue weighted by Crippen LogP contribution is -1.84. The first-order valence-electron chi connectivity index (χ1n) is 7.77. The molecule has 23 heavy (non-hydrogen) atoms. The Morgan fingerprint density at radius 3 is 1.74 bits per heavy atom. The molecule has 0 bridgehead atoms. The maximum Gasteiger partial charge on any atom is 0.0639 e. The van der Waals surface area contributed by atoms with Gasteiger partial charge in [0.15, 0.2) is 0 Å². The van der Waals surface area contributed by atoms with Crippen molar-refractivity contribution < 1.29 is 0 Å². The van der Waals surface area contributed by atoms with E-state index in [2.05, 4.69) is 65.7 Å². The molecule has 3 aromatic carbocycles. The summed E-state index contributed by atoms with van der Waals surface area (Å²) in [5, 5.41) is 0. The zero-order chi connectivity index (χ0) is 15.7. The van der Waals surface area contributed by atoms with Gasteiger partial charge in [0, 0.05) is 6.21 Å². The van der Waals surface area contributed by atoms with Gasteiger partial charge in [0.25, 0.3) is 0 Å². The first-order chi connectivity index (χ1) is 11.4. The Bertz CT molecular complexity index is 769. The first kappa shape index (κ1) is 15.0. The minimum Gasteiger partial charge on any atom is -0.288 e. The number of rotatable bonds is 5. The Labute approximate surface area is 137 Å². The third-order valence-electron chi connectivity index (χ3n) is 3.56. The van der Waals surface area contributed by atoms with Crippen LogP contribution in [0, 0.1) is 0 Å². The molecule has 0 fully saturated rings. The number of hydrogen-bond donors (Lipinski definition) is 0. The molecule has 0 spiro atoms. The zero-order valence-corrected chi connectivity index (χ0v) is 13.0. The van der Waals surface area contributed by atoms with Crippen molar-refractivity contribution >= 4 is 18.4 Å². The Hall–Kier alpha value is -2.93. The molecular formula is C22H19N. The summed E-state index contributed by atoms with van der Waals surface area (Å²) in [5.74, 6) is 0. The van der Waals surface area contributed by atoms with Gasteiger partial charge in [-0.3, -0.25) is 4.99 Å².